The fourth-order valence-electron chi connectivity index (χ4n) is 1.38. The van der Waals surface area contributed by atoms with E-state index >= 15 is 0 Å². The highest BCUT2D eigenvalue weighted by molar-refractivity contribution is 5.55. The summed E-state index contributed by atoms with van der Waals surface area (Å²) in [5.74, 6) is 0. The van der Waals surface area contributed by atoms with Gasteiger partial charge in [0.2, 0.25) is 0 Å². The Morgan fingerprint density at radius 3 is 3.00 bits per heavy atom. The van der Waals surface area contributed by atoms with Crippen LogP contribution in [0.3, 0.4) is 0 Å². The molecule has 0 aliphatic carbocycles. The van der Waals surface area contributed by atoms with Crippen LogP contribution >= 0.6 is 0 Å². The molecule has 1 aliphatic rings. The second-order valence-electron chi connectivity index (χ2n) is 3.06. The van der Waals surface area contributed by atoms with Crippen LogP contribution in [0.4, 0.5) is 0 Å². The average Bonchev–Trinajstić information content (AvgIpc) is 2.30. The van der Waals surface area contributed by atoms with Crippen molar-refractivity contribution in [1.29, 1.82) is 0 Å². The van der Waals surface area contributed by atoms with Gasteiger partial charge in [-0.1, -0.05) is 12.2 Å². The van der Waals surface area contributed by atoms with Crippen molar-refractivity contribution in [3.8, 4) is 0 Å². The van der Waals surface area contributed by atoms with Crippen molar-refractivity contribution in [2.45, 2.75) is 20.3 Å². The standard InChI is InChI=1S/C10H12N2/c1-8-9(2)11-12-7-5-3-4-6-10(8)12/h4-7H,3H2,1-2H3. The van der Waals surface area contributed by atoms with Gasteiger partial charge in [0.15, 0.2) is 0 Å². The molecule has 1 aliphatic heterocycles. The lowest BCUT2D eigenvalue weighted by Crippen LogP contribution is -1.90. The topological polar surface area (TPSA) is 17.8 Å². The molecule has 1 aromatic rings. The van der Waals surface area contributed by atoms with Gasteiger partial charge in [0.25, 0.3) is 0 Å². The number of aryl methyl sites for hydroxylation is 1. The molecule has 0 N–H and O–H groups in total. The Hall–Kier alpha value is -1.31. The van der Waals surface area contributed by atoms with Crippen LogP contribution in [0.1, 0.15) is 23.4 Å². The van der Waals surface area contributed by atoms with Gasteiger partial charge >= 0.3 is 0 Å². The first-order valence-electron chi connectivity index (χ1n) is 4.18. The summed E-state index contributed by atoms with van der Waals surface area (Å²) in [5.41, 5.74) is 3.60. The molecule has 0 unspecified atom stereocenters. The lowest BCUT2D eigenvalue weighted by Gasteiger charge is -1.94. The minimum atomic E-state index is 1.00. The minimum Gasteiger partial charge on any atom is -0.241 e. The van der Waals surface area contributed by atoms with E-state index in [1.165, 1.54) is 11.3 Å². The number of rotatable bonds is 0. The van der Waals surface area contributed by atoms with Gasteiger partial charge in [-0.15, -0.1) is 0 Å². The number of hydrogen-bond acceptors (Lipinski definition) is 1. The zero-order valence-corrected chi connectivity index (χ0v) is 7.41. The molecule has 0 radical (unpaired) electrons. The molecule has 0 spiro atoms. The Kier molecular flexibility index (Phi) is 1.61. The maximum Gasteiger partial charge on any atom is 0.0690 e. The quantitative estimate of drug-likeness (QED) is 0.569. The molecule has 12 heavy (non-hydrogen) atoms. The van der Waals surface area contributed by atoms with Crippen molar-refractivity contribution in [2.24, 2.45) is 0 Å². The highest BCUT2D eigenvalue weighted by atomic mass is 15.3. The molecule has 0 fully saturated rings. The van der Waals surface area contributed by atoms with E-state index in [-0.39, 0.29) is 0 Å². The van der Waals surface area contributed by atoms with Crippen molar-refractivity contribution >= 4 is 12.3 Å². The van der Waals surface area contributed by atoms with Crippen LogP contribution in [-0.2, 0) is 0 Å². The van der Waals surface area contributed by atoms with Crippen LogP contribution < -0.4 is 0 Å². The summed E-state index contributed by atoms with van der Waals surface area (Å²) in [6.07, 6.45) is 9.43. The third-order valence-electron chi connectivity index (χ3n) is 2.23. The normalized spacial score (nSPS) is 14.5. The lowest BCUT2D eigenvalue weighted by molar-refractivity contribution is 0.903. The first-order chi connectivity index (χ1) is 5.79. The van der Waals surface area contributed by atoms with Gasteiger partial charge in [-0.25, -0.2) is 4.68 Å². The third-order valence-corrected chi connectivity index (χ3v) is 2.23. The van der Waals surface area contributed by atoms with Crippen molar-refractivity contribution in [3.63, 3.8) is 0 Å². The van der Waals surface area contributed by atoms with Crippen molar-refractivity contribution < 1.29 is 0 Å². The molecule has 2 nitrogen and oxygen atoms in total. The van der Waals surface area contributed by atoms with E-state index in [1.54, 1.807) is 0 Å². The molecule has 0 amide bonds. The summed E-state index contributed by atoms with van der Waals surface area (Å²) in [4.78, 5) is 0. The summed E-state index contributed by atoms with van der Waals surface area (Å²) >= 11 is 0. The smallest absolute Gasteiger partial charge is 0.0690 e. The van der Waals surface area contributed by atoms with Gasteiger partial charge in [-0.05, 0) is 31.9 Å². The second-order valence-corrected chi connectivity index (χ2v) is 3.06. The Morgan fingerprint density at radius 1 is 1.33 bits per heavy atom. The van der Waals surface area contributed by atoms with E-state index in [0.29, 0.717) is 0 Å². The molecule has 0 atom stereocenters. The van der Waals surface area contributed by atoms with E-state index in [1.807, 2.05) is 17.8 Å². The lowest BCUT2D eigenvalue weighted by atomic mass is 10.2. The van der Waals surface area contributed by atoms with E-state index < -0.39 is 0 Å². The average molecular weight is 160 g/mol. The maximum atomic E-state index is 4.39. The largest absolute Gasteiger partial charge is 0.241 e. The fourth-order valence-corrected chi connectivity index (χ4v) is 1.38. The van der Waals surface area contributed by atoms with Crippen LogP contribution in [0.2, 0.25) is 0 Å². The van der Waals surface area contributed by atoms with Gasteiger partial charge < -0.3 is 0 Å². The second kappa shape index (κ2) is 2.63. The summed E-state index contributed by atoms with van der Waals surface area (Å²) in [5, 5.41) is 4.39. The van der Waals surface area contributed by atoms with Gasteiger partial charge in [0.05, 0.1) is 11.4 Å². The van der Waals surface area contributed by atoms with Crippen LogP contribution in [0.25, 0.3) is 12.3 Å². The Balaban J connectivity index is 2.64. The fraction of sp³-hybridized carbons (Fsp3) is 0.300. The Bertz CT molecular complexity index is 356. The van der Waals surface area contributed by atoms with Crippen LogP contribution in [0.15, 0.2) is 12.2 Å². The van der Waals surface area contributed by atoms with E-state index in [9.17, 15) is 0 Å². The highest BCUT2D eigenvalue weighted by Gasteiger charge is 2.07. The Morgan fingerprint density at radius 2 is 2.17 bits per heavy atom. The third kappa shape index (κ3) is 0.998. The van der Waals surface area contributed by atoms with Gasteiger partial charge in [0.1, 0.15) is 0 Å². The van der Waals surface area contributed by atoms with Crippen LogP contribution in [0, 0.1) is 13.8 Å². The summed E-state index contributed by atoms with van der Waals surface area (Å²) in [6.45, 7) is 4.15. The zero-order valence-electron chi connectivity index (χ0n) is 7.41. The maximum absolute atomic E-state index is 4.39. The van der Waals surface area contributed by atoms with Crippen molar-refractivity contribution in [1.82, 2.24) is 9.78 Å². The molecule has 0 saturated heterocycles. The van der Waals surface area contributed by atoms with Crippen LogP contribution in [-0.4, -0.2) is 9.78 Å². The molecular formula is C10H12N2. The monoisotopic (exact) mass is 160 g/mol. The molecule has 62 valence electrons. The van der Waals surface area contributed by atoms with Crippen molar-refractivity contribution in [2.75, 3.05) is 0 Å². The molecule has 0 aromatic carbocycles. The number of hydrogen-bond donors (Lipinski definition) is 0. The predicted molar refractivity (Wildman–Crippen MR) is 50.7 cm³/mol. The molecule has 1 aromatic heterocycles. The predicted octanol–water partition coefficient (Wildman–Crippen LogP) is 2.39. The molecule has 2 heteroatoms. The van der Waals surface area contributed by atoms with E-state index in [4.69, 9.17) is 0 Å². The van der Waals surface area contributed by atoms with Crippen LogP contribution in [0.5, 0.6) is 0 Å². The first-order valence-corrected chi connectivity index (χ1v) is 4.18. The van der Waals surface area contributed by atoms with E-state index in [0.717, 1.165) is 12.1 Å². The first kappa shape index (κ1) is 7.35. The number of nitrogens with zero attached hydrogens (tertiary/aromatic N) is 2. The van der Waals surface area contributed by atoms with Gasteiger partial charge in [-0.2, -0.15) is 5.10 Å². The number of aromatic nitrogens is 2. The van der Waals surface area contributed by atoms with Crippen molar-refractivity contribution in [3.05, 3.63) is 29.1 Å². The Labute approximate surface area is 72.2 Å². The SMILES string of the molecule is Cc1nn2c(c1C)C=CCC=C2. The molecule has 2 heterocycles. The summed E-state index contributed by atoms with van der Waals surface area (Å²) < 4.78 is 1.94. The molecule has 0 bridgehead atoms. The summed E-state index contributed by atoms with van der Waals surface area (Å²) in [6, 6.07) is 0. The van der Waals surface area contributed by atoms with Gasteiger partial charge in [-0.3, -0.25) is 0 Å². The molecule has 2 rings (SSSR count). The highest BCUT2D eigenvalue weighted by Crippen LogP contribution is 2.16. The minimum absolute atomic E-state index is 1.00. The van der Waals surface area contributed by atoms with Gasteiger partial charge in [0, 0.05) is 6.20 Å². The molecular weight excluding hydrogens is 148 g/mol. The van der Waals surface area contributed by atoms with E-state index in [2.05, 4.69) is 30.3 Å². The summed E-state index contributed by atoms with van der Waals surface area (Å²) in [7, 11) is 0. The number of allylic oxidation sites excluding steroid dienone is 2. The molecule has 0 saturated carbocycles. The number of fused-ring (bicyclic) bond motifs is 1. The zero-order chi connectivity index (χ0) is 8.55.